The fraction of sp³-hybridized carbons (Fsp3) is 0.750. The Balaban J connectivity index is 2.75. The number of ether oxygens (including phenoxy) is 3. The minimum absolute atomic E-state index is 0.0717. The van der Waals surface area contributed by atoms with E-state index < -0.39 is 6.10 Å². The van der Waals surface area contributed by atoms with Crippen LogP contribution < -0.4 is 0 Å². The largest absolute Gasteiger partial charge is 0.506 e. The van der Waals surface area contributed by atoms with Crippen LogP contribution in [0.15, 0.2) is 12.0 Å². The van der Waals surface area contributed by atoms with Gasteiger partial charge in [-0.3, -0.25) is 0 Å². The highest BCUT2D eigenvalue weighted by Crippen LogP contribution is 2.21. The van der Waals surface area contributed by atoms with Crippen LogP contribution in [0.1, 0.15) is 6.92 Å². The van der Waals surface area contributed by atoms with Crippen molar-refractivity contribution in [2.24, 2.45) is 0 Å². The third-order valence-corrected chi connectivity index (χ3v) is 1.98. The number of aliphatic hydroxyl groups is 1. The molecule has 0 radical (unpaired) electrons. The molecule has 1 aliphatic heterocycles. The van der Waals surface area contributed by atoms with E-state index in [9.17, 15) is 5.11 Å². The van der Waals surface area contributed by atoms with Crippen LogP contribution >= 0.6 is 0 Å². The predicted molar refractivity (Wildman–Crippen MR) is 42.9 cm³/mol. The number of methoxy groups -OCH3 is 2. The van der Waals surface area contributed by atoms with Gasteiger partial charge in [-0.1, -0.05) is 0 Å². The molecule has 4 heteroatoms. The number of aliphatic hydroxyl groups excluding tert-OH is 1. The normalized spacial score (nSPS) is 35.6. The third-order valence-electron chi connectivity index (χ3n) is 1.98. The molecule has 0 spiro atoms. The summed E-state index contributed by atoms with van der Waals surface area (Å²) in [6.07, 6.45) is 0.531. The van der Waals surface area contributed by atoms with Crippen molar-refractivity contribution in [1.82, 2.24) is 0 Å². The molecule has 0 bridgehead atoms. The number of hydrogen-bond acceptors (Lipinski definition) is 4. The van der Waals surface area contributed by atoms with Gasteiger partial charge in [0.2, 0.25) is 0 Å². The van der Waals surface area contributed by atoms with E-state index in [1.54, 1.807) is 7.11 Å². The van der Waals surface area contributed by atoms with E-state index >= 15 is 0 Å². The highest BCUT2D eigenvalue weighted by Gasteiger charge is 2.34. The molecule has 4 nitrogen and oxygen atoms in total. The van der Waals surface area contributed by atoms with Crippen LogP contribution in [-0.2, 0) is 14.2 Å². The zero-order valence-electron chi connectivity index (χ0n) is 7.48. The first kappa shape index (κ1) is 9.35. The maximum absolute atomic E-state index is 9.32. The Kier molecular flexibility index (Phi) is 2.94. The van der Waals surface area contributed by atoms with Crippen molar-refractivity contribution >= 4 is 0 Å². The molecule has 1 rings (SSSR count). The topological polar surface area (TPSA) is 47.9 Å². The Morgan fingerprint density at radius 3 is 2.50 bits per heavy atom. The number of rotatable bonds is 2. The monoisotopic (exact) mass is 174 g/mol. The molecule has 0 aromatic rings. The van der Waals surface area contributed by atoms with E-state index in [1.165, 1.54) is 13.4 Å². The van der Waals surface area contributed by atoms with Crippen LogP contribution in [0.2, 0.25) is 0 Å². The van der Waals surface area contributed by atoms with E-state index in [1.807, 2.05) is 6.92 Å². The lowest BCUT2D eigenvalue weighted by atomic mass is 10.1. The molecule has 12 heavy (non-hydrogen) atoms. The molecule has 3 atom stereocenters. The molecule has 1 N–H and O–H groups in total. The molecular formula is C8H14O4. The first-order valence-electron chi connectivity index (χ1n) is 3.80. The summed E-state index contributed by atoms with van der Waals surface area (Å²) in [5.41, 5.74) is 0. The van der Waals surface area contributed by atoms with Gasteiger partial charge < -0.3 is 19.3 Å². The average molecular weight is 174 g/mol. The van der Waals surface area contributed by atoms with Gasteiger partial charge in [-0.25, -0.2) is 0 Å². The van der Waals surface area contributed by atoms with Gasteiger partial charge in [0.15, 0.2) is 5.76 Å². The maximum Gasteiger partial charge on any atom is 0.158 e. The summed E-state index contributed by atoms with van der Waals surface area (Å²) >= 11 is 0. The van der Waals surface area contributed by atoms with Crippen LogP contribution in [0.4, 0.5) is 0 Å². The van der Waals surface area contributed by atoms with E-state index in [0.717, 1.165) is 0 Å². The van der Waals surface area contributed by atoms with Crippen molar-refractivity contribution in [2.45, 2.75) is 25.2 Å². The lowest BCUT2D eigenvalue weighted by Crippen LogP contribution is -2.43. The first-order chi connectivity index (χ1) is 5.70. The smallest absolute Gasteiger partial charge is 0.158 e. The summed E-state index contributed by atoms with van der Waals surface area (Å²) in [4.78, 5) is 0. The molecule has 70 valence electrons. The molecular weight excluding hydrogens is 160 g/mol. The summed E-state index contributed by atoms with van der Waals surface area (Å²) in [6, 6.07) is 0. The lowest BCUT2D eigenvalue weighted by Gasteiger charge is -2.32. The quantitative estimate of drug-likeness (QED) is 0.673. The van der Waals surface area contributed by atoms with E-state index in [4.69, 9.17) is 14.2 Å². The Morgan fingerprint density at radius 1 is 1.42 bits per heavy atom. The molecule has 0 saturated heterocycles. The minimum atomic E-state index is -0.418. The molecule has 0 aromatic carbocycles. The summed E-state index contributed by atoms with van der Waals surface area (Å²) in [5.74, 6) is 0.0717. The maximum atomic E-state index is 9.32. The Hall–Kier alpha value is -0.740. The van der Waals surface area contributed by atoms with E-state index in [-0.39, 0.29) is 18.0 Å². The molecule has 3 unspecified atom stereocenters. The summed E-state index contributed by atoms with van der Waals surface area (Å²) in [6.45, 7) is 1.86. The highest BCUT2D eigenvalue weighted by molar-refractivity contribution is 5.04. The van der Waals surface area contributed by atoms with Gasteiger partial charge >= 0.3 is 0 Å². The Labute approximate surface area is 71.7 Å². The summed E-state index contributed by atoms with van der Waals surface area (Å²) < 4.78 is 15.3. The Morgan fingerprint density at radius 2 is 2.08 bits per heavy atom. The highest BCUT2D eigenvalue weighted by atomic mass is 16.6. The summed E-state index contributed by atoms with van der Waals surface area (Å²) in [7, 11) is 3.09. The van der Waals surface area contributed by atoms with Gasteiger partial charge in [0, 0.05) is 14.2 Å². The van der Waals surface area contributed by atoms with Gasteiger partial charge in [0.05, 0.1) is 0 Å². The minimum Gasteiger partial charge on any atom is -0.506 e. The van der Waals surface area contributed by atoms with Gasteiger partial charge in [0.25, 0.3) is 0 Å². The Bertz CT molecular complexity index is 178. The van der Waals surface area contributed by atoms with E-state index in [0.29, 0.717) is 0 Å². The summed E-state index contributed by atoms with van der Waals surface area (Å²) in [5, 5.41) is 9.32. The second-order valence-electron chi connectivity index (χ2n) is 2.74. The van der Waals surface area contributed by atoms with Crippen LogP contribution in [0, 0.1) is 0 Å². The van der Waals surface area contributed by atoms with Gasteiger partial charge in [-0.2, -0.15) is 0 Å². The van der Waals surface area contributed by atoms with Crippen molar-refractivity contribution < 1.29 is 19.3 Å². The second-order valence-corrected chi connectivity index (χ2v) is 2.74. The van der Waals surface area contributed by atoms with E-state index in [2.05, 4.69) is 0 Å². The molecule has 0 aliphatic carbocycles. The lowest BCUT2D eigenvalue weighted by molar-refractivity contribution is -0.110. The first-order valence-corrected chi connectivity index (χ1v) is 3.80. The number of hydrogen-bond donors (Lipinski definition) is 1. The fourth-order valence-corrected chi connectivity index (χ4v) is 1.31. The van der Waals surface area contributed by atoms with Crippen molar-refractivity contribution in [3.63, 3.8) is 0 Å². The fourth-order valence-electron chi connectivity index (χ4n) is 1.31. The van der Waals surface area contributed by atoms with Gasteiger partial charge in [0.1, 0.15) is 24.6 Å². The van der Waals surface area contributed by atoms with Crippen molar-refractivity contribution in [3.05, 3.63) is 12.0 Å². The van der Waals surface area contributed by atoms with Crippen molar-refractivity contribution in [3.8, 4) is 0 Å². The van der Waals surface area contributed by atoms with Crippen LogP contribution in [0.25, 0.3) is 0 Å². The zero-order valence-corrected chi connectivity index (χ0v) is 7.48. The molecule has 1 heterocycles. The van der Waals surface area contributed by atoms with Crippen LogP contribution in [0.3, 0.4) is 0 Å². The van der Waals surface area contributed by atoms with Crippen LogP contribution in [-0.4, -0.2) is 37.6 Å². The zero-order chi connectivity index (χ0) is 9.14. The molecule has 0 aromatic heterocycles. The van der Waals surface area contributed by atoms with Crippen molar-refractivity contribution in [1.29, 1.82) is 0 Å². The molecule has 0 amide bonds. The second kappa shape index (κ2) is 3.78. The standard InChI is InChI=1S/C8H14O4/c1-5-7(10-2)8(11-3)6(9)4-12-5/h4-5,7-9H,1-3H3. The predicted octanol–water partition coefficient (Wildman–Crippen LogP) is 0.835. The van der Waals surface area contributed by atoms with Crippen molar-refractivity contribution in [2.75, 3.05) is 14.2 Å². The molecule has 0 fully saturated rings. The molecule has 1 aliphatic rings. The average Bonchev–Trinajstić information content (AvgIpc) is 2.08. The van der Waals surface area contributed by atoms with Crippen LogP contribution in [0.5, 0.6) is 0 Å². The SMILES string of the molecule is COC1C(O)=COC(C)C1OC. The molecule has 0 saturated carbocycles. The van der Waals surface area contributed by atoms with Gasteiger partial charge in [-0.05, 0) is 6.92 Å². The third kappa shape index (κ3) is 1.54. The van der Waals surface area contributed by atoms with Gasteiger partial charge in [-0.15, -0.1) is 0 Å².